The summed E-state index contributed by atoms with van der Waals surface area (Å²) >= 11 is 0. The van der Waals surface area contributed by atoms with E-state index in [9.17, 15) is 10.3 Å². The number of benzene rings is 2. The number of azide groups is 1. The second-order valence-corrected chi connectivity index (χ2v) is 10.4. The van der Waals surface area contributed by atoms with Gasteiger partial charge in [-0.1, -0.05) is 56.2 Å². The molecule has 2 aromatic carbocycles. The van der Waals surface area contributed by atoms with Gasteiger partial charge in [0.2, 0.25) is 0 Å². The summed E-state index contributed by atoms with van der Waals surface area (Å²) in [6.07, 6.45) is 2.28. The molecule has 0 N–H and O–H groups in total. The molecule has 7 atom stereocenters. The first kappa shape index (κ1) is 21.3. The molecule has 0 spiro atoms. The Kier molecular flexibility index (Phi) is 4.99. The van der Waals surface area contributed by atoms with Crippen LogP contribution in [0.5, 0.6) is 0 Å². The van der Waals surface area contributed by atoms with Crippen LogP contribution in [0.3, 0.4) is 0 Å². The highest BCUT2D eigenvalue weighted by molar-refractivity contribution is 5.95. The first-order valence-corrected chi connectivity index (χ1v) is 11.7. The number of nitrogens with zero attached hydrogens (tertiary/aromatic N) is 3. The third kappa shape index (κ3) is 2.96. The Hall–Kier alpha value is -2.56. The molecule has 2 saturated heterocycles. The van der Waals surface area contributed by atoms with Crippen molar-refractivity contribution >= 4 is 16.7 Å². The maximum absolute atomic E-state index is 13.4. The summed E-state index contributed by atoms with van der Waals surface area (Å²) < 4.78 is 13.2. The van der Waals surface area contributed by atoms with Crippen LogP contribution in [0, 0.1) is 23.7 Å². The first-order chi connectivity index (χ1) is 15.3. The molecule has 3 fully saturated rings. The van der Waals surface area contributed by atoms with Crippen LogP contribution in [0.15, 0.2) is 47.6 Å². The molecule has 0 aromatic heterocycles. The van der Waals surface area contributed by atoms with E-state index < -0.39 is 11.2 Å². The van der Waals surface area contributed by atoms with Gasteiger partial charge >= 0.3 is 5.97 Å². The number of hydrogen-bond donors (Lipinski definition) is 0. The number of ether oxygens (including phenoxy) is 2. The summed E-state index contributed by atoms with van der Waals surface area (Å²) in [7, 11) is 0. The van der Waals surface area contributed by atoms with Crippen LogP contribution >= 0.6 is 0 Å². The van der Waals surface area contributed by atoms with E-state index in [0.29, 0.717) is 17.9 Å². The zero-order valence-electron chi connectivity index (χ0n) is 19.2. The molecule has 6 heteroatoms. The van der Waals surface area contributed by atoms with Gasteiger partial charge in [-0.05, 0) is 72.4 Å². The van der Waals surface area contributed by atoms with Crippen LogP contribution in [0.4, 0.5) is 0 Å². The number of esters is 1. The molecule has 168 valence electrons. The van der Waals surface area contributed by atoms with E-state index in [1.54, 1.807) is 0 Å². The maximum Gasteiger partial charge on any atom is 0.338 e. The van der Waals surface area contributed by atoms with Gasteiger partial charge in [0.05, 0.1) is 17.2 Å². The van der Waals surface area contributed by atoms with E-state index in [-0.39, 0.29) is 35.9 Å². The Balaban J connectivity index is 1.55. The van der Waals surface area contributed by atoms with E-state index in [2.05, 4.69) is 37.7 Å². The van der Waals surface area contributed by atoms with E-state index >= 15 is 0 Å². The molecule has 7 unspecified atom stereocenters. The molecule has 32 heavy (non-hydrogen) atoms. The first-order valence-electron chi connectivity index (χ1n) is 11.7. The Morgan fingerprint density at radius 2 is 1.97 bits per heavy atom. The van der Waals surface area contributed by atoms with E-state index in [4.69, 9.17) is 9.47 Å². The van der Waals surface area contributed by atoms with Crippen LogP contribution in [-0.4, -0.2) is 29.3 Å². The molecule has 5 rings (SSSR count). The van der Waals surface area contributed by atoms with Crippen molar-refractivity contribution in [2.75, 3.05) is 0 Å². The predicted octanol–water partition coefficient (Wildman–Crippen LogP) is 6.29. The third-order valence-corrected chi connectivity index (χ3v) is 8.59. The average Bonchev–Trinajstić information content (AvgIpc) is 3.29. The molecule has 1 aliphatic carbocycles. The van der Waals surface area contributed by atoms with Gasteiger partial charge in [-0.2, -0.15) is 0 Å². The molecular weight excluding hydrogens is 402 g/mol. The number of rotatable bonds is 4. The van der Waals surface area contributed by atoms with Crippen LogP contribution in [0.2, 0.25) is 0 Å². The third-order valence-electron chi connectivity index (χ3n) is 8.59. The maximum atomic E-state index is 13.4. The summed E-state index contributed by atoms with van der Waals surface area (Å²) in [4.78, 5) is 16.6. The zero-order chi connectivity index (χ0) is 22.7. The Bertz CT molecular complexity index is 1110. The lowest BCUT2D eigenvalue weighted by atomic mass is 9.69. The van der Waals surface area contributed by atoms with Crippen molar-refractivity contribution in [1.82, 2.24) is 0 Å². The highest BCUT2D eigenvalue weighted by Crippen LogP contribution is 2.63. The fourth-order valence-electron chi connectivity index (χ4n) is 6.83. The number of fused-ring (bicyclic) bond motifs is 5. The lowest BCUT2D eigenvalue weighted by molar-refractivity contribution is -0.251. The van der Waals surface area contributed by atoms with Crippen LogP contribution < -0.4 is 0 Å². The SMILES string of the molecule is CC1CCC2C1C(OC(=O)c1ccc3ccccc3c1)C1(C(C)C)CC(N=[N+]=[N-])C2(C)O1. The minimum atomic E-state index is -0.653. The molecule has 3 aliphatic rings. The summed E-state index contributed by atoms with van der Waals surface area (Å²) in [5.74, 6) is 0.624. The van der Waals surface area contributed by atoms with Crippen molar-refractivity contribution in [3.05, 3.63) is 58.5 Å². The van der Waals surface area contributed by atoms with Crippen molar-refractivity contribution in [3.63, 3.8) is 0 Å². The molecule has 0 radical (unpaired) electrons. The minimum absolute atomic E-state index is 0.115. The smallest absolute Gasteiger partial charge is 0.338 e. The van der Waals surface area contributed by atoms with Crippen molar-refractivity contribution in [2.24, 2.45) is 28.8 Å². The van der Waals surface area contributed by atoms with E-state index in [0.717, 1.165) is 23.6 Å². The molecule has 0 amide bonds. The standard InChI is InChI=1S/C26H31N3O3/c1-15(2)26-14-21(28-29-27)25(4,32-26)20-12-9-16(3)22(20)23(26)31-24(30)19-11-10-17-7-5-6-8-18(17)13-19/h5-8,10-11,13,15-16,20-23H,9,12,14H2,1-4H3. The Labute approximate surface area is 188 Å². The molecule has 2 bridgehead atoms. The largest absolute Gasteiger partial charge is 0.455 e. The minimum Gasteiger partial charge on any atom is -0.455 e. The molecule has 6 nitrogen and oxygen atoms in total. The van der Waals surface area contributed by atoms with Crippen molar-refractivity contribution in [3.8, 4) is 0 Å². The van der Waals surface area contributed by atoms with Gasteiger partial charge in [-0.15, -0.1) is 0 Å². The van der Waals surface area contributed by atoms with Gasteiger partial charge in [-0.25, -0.2) is 4.79 Å². The van der Waals surface area contributed by atoms with Crippen molar-refractivity contribution < 1.29 is 14.3 Å². The van der Waals surface area contributed by atoms with Crippen LogP contribution in [-0.2, 0) is 9.47 Å². The highest BCUT2D eigenvalue weighted by atomic mass is 16.6. The zero-order valence-corrected chi connectivity index (χ0v) is 19.2. The van der Waals surface area contributed by atoms with Gasteiger partial charge < -0.3 is 9.47 Å². The van der Waals surface area contributed by atoms with Gasteiger partial charge in [0.1, 0.15) is 11.7 Å². The van der Waals surface area contributed by atoms with E-state index in [1.165, 1.54) is 0 Å². The second-order valence-electron chi connectivity index (χ2n) is 10.4. The van der Waals surface area contributed by atoms with Crippen LogP contribution in [0.25, 0.3) is 21.2 Å². The molecule has 1 saturated carbocycles. The average molecular weight is 434 g/mol. The number of hydrogen-bond acceptors (Lipinski definition) is 4. The number of carbonyl (C=O) groups is 1. The van der Waals surface area contributed by atoms with Crippen molar-refractivity contribution in [2.45, 2.75) is 70.3 Å². The predicted molar refractivity (Wildman–Crippen MR) is 123 cm³/mol. The Morgan fingerprint density at radius 1 is 1.22 bits per heavy atom. The summed E-state index contributed by atoms with van der Waals surface area (Å²) in [6, 6.07) is 13.5. The molecule has 2 aliphatic heterocycles. The second kappa shape index (κ2) is 7.50. The fraction of sp³-hybridized carbons (Fsp3) is 0.577. The van der Waals surface area contributed by atoms with Crippen LogP contribution in [0.1, 0.15) is 57.3 Å². The lowest BCUT2D eigenvalue weighted by Gasteiger charge is -2.53. The Morgan fingerprint density at radius 3 is 2.69 bits per heavy atom. The number of carbonyl (C=O) groups excluding carboxylic acids is 1. The summed E-state index contributed by atoms with van der Waals surface area (Å²) in [5.41, 5.74) is 8.63. The van der Waals surface area contributed by atoms with Gasteiger partial charge in [0.15, 0.2) is 0 Å². The highest BCUT2D eigenvalue weighted by Gasteiger charge is 2.70. The lowest BCUT2D eigenvalue weighted by Crippen LogP contribution is -2.62. The normalized spacial score (nSPS) is 37.8. The molecule has 2 heterocycles. The quantitative estimate of drug-likeness (QED) is 0.246. The molecule has 2 aromatic rings. The monoisotopic (exact) mass is 433 g/mol. The van der Waals surface area contributed by atoms with E-state index in [1.807, 2.05) is 42.5 Å². The van der Waals surface area contributed by atoms with Gasteiger partial charge in [0.25, 0.3) is 0 Å². The topological polar surface area (TPSA) is 84.3 Å². The van der Waals surface area contributed by atoms with Crippen molar-refractivity contribution in [1.29, 1.82) is 0 Å². The summed E-state index contributed by atoms with van der Waals surface area (Å²) in [6.45, 7) is 8.60. The fourth-order valence-corrected chi connectivity index (χ4v) is 6.83. The molecular formula is C26H31N3O3. The van der Waals surface area contributed by atoms with Gasteiger partial charge in [0, 0.05) is 10.8 Å². The summed E-state index contributed by atoms with van der Waals surface area (Å²) in [5, 5.41) is 6.28. The van der Waals surface area contributed by atoms with Gasteiger partial charge in [-0.3, -0.25) is 0 Å².